The highest BCUT2D eigenvalue weighted by molar-refractivity contribution is 5.25. The van der Waals surface area contributed by atoms with Crippen LogP contribution in [0.3, 0.4) is 0 Å². The predicted molar refractivity (Wildman–Crippen MR) is 88.2 cm³/mol. The van der Waals surface area contributed by atoms with E-state index in [0.29, 0.717) is 32.0 Å². The van der Waals surface area contributed by atoms with Crippen LogP contribution in [0.4, 0.5) is 13.2 Å². The molecule has 0 bridgehead atoms. The first-order valence-electron chi connectivity index (χ1n) is 8.77. The van der Waals surface area contributed by atoms with E-state index in [-0.39, 0.29) is 18.1 Å². The molecule has 0 N–H and O–H groups in total. The minimum Gasteiger partial charge on any atom is -0.351 e. The zero-order valence-electron chi connectivity index (χ0n) is 14.6. The van der Waals surface area contributed by atoms with E-state index in [1.165, 1.54) is 12.1 Å². The Morgan fingerprint density at radius 3 is 2.12 bits per heavy atom. The number of alkyl halides is 3. The lowest BCUT2D eigenvalue weighted by atomic mass is 10.1. The molecule has 0 saturated carbocycles. The summed E-state index contributed by atoms with van der Waals surface area (Å²) in [6.07, 6.45) is -0.218. The molecule has 0 amide bonds. The summed E-state index contributed by atoms with van der Waals surface area (Å²) in [6, 6.07) is 4.83. The Labute approximate surface area is 150 Å². The summed E-state index contributed by atoms with van der Waals surface area (Å²) < 4.78 is 60.7. The van der Waals surface area contributed by atoms with Crippen molar-refractivity contribution in [3.8, 4) is 0 Å². The van der Waals surface area contributed by atoms with Gasteiger partial charge >= 0.3 is 6.18 Å². The van der Waals surface area contributed by atoms with Crippen LogP contribution in [0, 0.1) is 11.8 Å². The van der Waals surface area contributed by atoms with Crippen LogP contribution in [0.15, 0.2) is 36.4 Å². The number of halogens is 3. The van der Waals surface area contributed by atoms with Gasteiger partial charge in [0.1, 0.15) is 0 Å². The van der Waals surface area contributed by atoms with Gasteiger partial charge < -0.3 is 18.9 Å². The second kappa shape index (κ2) is 8.52. The molecular formula is C19H23F3O4. The monoisotopic (exact) mass is 372 g/mol. The lowest BCUT2D eigenvalue weighted by Gasteiger charge is -2.37. The van der Waals surface area contributed by atoms with Crippen LogP contribution in [0.2, 0.25) is 0 Å². The summed E-state index contributed by atoms with van der Waals surface area (Å²) in [7, 11) is 0. The summed E-state index contributed by atoms with van der Waals surface area (Å²) in [5, 5.41) is 0. The van der Waals surface area contributed by atoms with Crippen molar-refractivity contribution >= 4 is 0 Å². The molecule has 7 heteroatoms. The Hall–Kier alpha value is -1.41. The molecule has 26 heavy (non-hydrogen) atoms. The number of rotatable bonds is 4. The van der Waals surface area contributed by atoms with E-state index in [0.717, 1.165) is 18.6 Å². The van der Waals surface area contributed by atoms with E-state index in [4.69, 9.17) is 18.9 Å². The third-order valence-electron chi connectivity index (χ3n) is 4.41. The van der Waals surface area contributed by atoms with Crippen molar-refractivity contribution in [2.24, 2.45) is 11.8 Å². The zero-order valence-corrected chi connectivity index (χ0v) is 14.6. The molecule has 2 heterocycles. The number of hydrogen-bond acceptors (Lipinski definition) is 4. The average molecular weight is 372 g/mol. The van der Waals surface area contributed by atoms with E-state index in [9.17, 15) is 13.2 Å². The third-order valence-corrected chi connectivity index (χ3v) is 4.41. The van der Waals surface area contributed by atoms with Crippen LogP contribution in [-0.2, 0) is 25.1 Å². The zero-order chi connectivity index (χ0) is 18.6. The van der Waals surface area contributed by atoms with Crippen LogP contribution in [-0.4, -0.2) is 32.7 Å². The highest BCUT2D eigenvalue weighted by Crippen LogP contribution is 2.32. The van der Waals surface area contributed by atoms with Gasteiger partial charge in [-0.15, -0.1) is 0 Å². The highest BCUT2D eigenvalue weighted by Gasteiger charge is 2.34. The van der Waals surface area contributed by atoms with Gasteiger partial charge in [0, 0.05) is 11.5 Å². The molecule has 2 aliphatic heterocycles. The smallest absolute Gasteiger partial charge is 0.351 e. The van der Waals surface area contributed by atoms with Gasteiger partial charge in [-0.2, -0.15) is 13.2 Å². The summed E-state index contributed by atoms with van der Waals surface area (Å²) in [5.74, 6) is 0.202. The van der Waals surface area contributed by atoms with Crippen molar-refractivity contribution in [3.63, 3.8) is 0 Å². The number of ether oxygens (including phenoxy) is 4. The van der Waals surface area contributed by atoms with Crippen LogP contribution < -0.4 is 0 Å². The Kier molecular flexibility index (Phi) is 6.34. The fourth-order valence-corrected chi connectivity index (χ4v) is 2.94. The maximum atomic E-state index is 12.6. The van der Waals surface area contributed by atoms with Gasteiger partial charge in [0.2, 0.25) is 0 Å². The van der Waals surface area contributed by atoms with Gasteiger partial charge in [-0.1, -0.05) is 31.2 Å². The van der Waals surface area contributed by atoms with Crippen molar-refractivity contribution in [2.75, 3.05) is 26.4 Å². The van der Waals surface area contributed by atoms with Crippen LogP contribution in [0.25, 0.3) is 0 Å². The molecule has 0 radical (unpaired) electrons. The summed E-state index contributed by atoms with van der Waals surface area (Å²) in [4.78, 5) is 0. The molecule has 4 nitrogen and oxygen atoms in total. The minimum absolute atomic E-state index is 0.0585. The molecule has 2 saturated heterocycles. The quantitative estimate of drug-likeness (QED) is 0.738. The summed E-state index contributed by atoms with van der Waals surface area (Å²) in [6.45, 7) is 4.01. The highest BCUT2D eigenvalue weighted by atomic mass is 19.4. The summed E-state index contributed by atoms with van der Waals surface area (Å²) in [5.41, 5.74) is -0.127. The Bertz CT molecular complexity index is 584. The van der Waals surface area contributed by atoms with E-state index >= 15 is 0 Å². The van der Waals surface area contributed by atoms with E-state index in [2.05, 4.69) is 19.1 Å². The molecule has 1 aromatic carbocycles. The van der Waals surface area contributed by atoms with Gasteiger partial charge in [-0.25, -0.2) is 0 Å². The van der Waals surface area contributed by atoms with Crippen LogP contribution in [0.5, 0.6) is 0 Å². The fourth-order valence-electron chi connectivity index (χ4n) is 2.94. The number of benzene rings is 1. The molecule has 144 valence electrons. The lowest BCUT2D eigenvalue weighted by molar-refractivity contribution is -0.280. The van der Waals surface area contributed by atoms with Crippen molar-refractivity contribution in [3.05, 3.63) is 47.5 Å². The van der Waals surface area contributed by atoms with E-state index in [1.54, 1.807) is 0 Å². The molecule has 1 aromatic rings. The van der Waals surface area contributed by atoms with Crippen molar-refractivity contribution in [1.82, 2.24) is 0 Å². The number of allylic oxidation sites excluding steroid dienone is 1. The normalized spacial score (nSPS) is 30.6. The van der Waals surface area contributed by atoms with Gasteiger partial charge in [0.25, 0.3) is 0 Å². The Balaban J connectivity index is 1.48. The van der Waals surface area contributed by atoms with Gasteiger partial charge in [0.05, 0.1) is 37.9 Å². The average Bonchev–Trinajstić information content (AvgIpc) is 2.66. The maximum absolute atomic E-state index is 12.6. The van der Waals surface area contributed by atoms with Gasteiger partial charge in [-0.3, -0.25) is 0 Å². The molecule has 0 aromatic heterocycles. The van der Waals surface area contributed by atoms with Gasteiger partial charge in [-0.05, 0) is 18.6 Å². The standard InChI is InChI=1S/C19H23F3O4/c1-2-3-4-13-9-23-18(24-10-13)15-11-25-17(26-12-15)14-5-7-16(8-6-14)19(20,21)22/h3-8,13,15,17-18H,2,9-12H2,1H3/b4-3+. The molecule has 0 aliphatic carbocycles. The first-order valence-corrected chi connectivity index (χ1v) is 8.77. The van der Waals surface area contributed by atoms with Crippen LogP contribution >= 0.6 is 0 Å². The molecule has 0 spiro atoms. The van der Waals surface area contributed by atoms with Crippen molar-refractivity contribution in [1.29, 1.82) is 0 Å². The number of hydrogen-bond donors (Lipinski definition) is 0. The first kappa shape index (κ1) is 19.4. The van der Waals surface area contributed by atoms with E-state index < -0.39 is 18.0 Å². The van der Waals surface area contributed by atoms with Crippen LogP contribution in [0.1, 0.15) is 30.8 Å². The molecular weight excluding hydrogens is 349 g/mol. The lowest BCUT2D eigenvalue weighted by Crippen LogP contribution is -2.42. The Morgan fingerprint density at radius 1 is 0.962 bits per heavy atom. The largest absolute Gasteiger partial charge is 0.416 e. The van der Waals surface area contributed by atoms with Crippen molar-refractivity contribution in [2.45, 2.75) is 32.1 Å². The molecule has 3 rings (SSSR count). The minimum atomic E-state index is -4.35. The SMILES string of the molecule is CC/C=C/C1COC(C2COC(c3ccc(C(F)(F)F)cc3)OC2)OC1. The van der Waals surface area contributed by atoms with Gasteiger partial charge in [0.15, 0.2) is 12.6 Å². The maximum Gasteiger partial charge on any atom is 0.416 e. The molecule has 2 fully saturated rings. The second-order valence-electron chi connectivity index (χ2n) is 6.51. The van der Waals surface area contributed by atoms with Crippen molar-refractivity contribution < 1.29 is 32.1 Å². The topological polar surface area (TPSA) is 36.9 Å². The Morgan fingerprint density at radius 2 is 1.58 bits per heavy atom. The molecule has 0 unspecified atom stereocenters. The first-order chi connectivity index (χ1) is 12.5. The molecule has 2 aliphatic rings. The second-order valence-corrected chi connectivity index (χ2v) is 6.51. The molecule has 0 atom stereocenters. The fraction of sp³-hybridized carbons (Fsp3) is 0.579. The third kappa shape index (κ3) is 4.85. The summed E-state index contributed by atoms with van der Waals surface area (Å²) >= 11 is 0. The van der Waals surface area contributed by atoms with E-state index in [1.807, 2.05) is 0 Å². The predicted octanol–water partition coefficient (Wildman–Crippen LogP) is 4.32.